The molecule has 0 heterocycles. The lowest BCUT2D eigenvalue weighted by Gasteiger charge is -2.37. The fourth-order valence-electron chi connectivity index (χ4n) is 7.85. The third-order valence-corrected chi connectivity index (χ3v) is 8.68. The molecule has 0 unspecified atom stereocenters. The second kappa shape index (κ2) is 6.34. The number of methoxy groups -OCH3 is 4. The summed E-state index contributed by atoms with van der Waals surface area (Å²) in [5.41, 5.74) is 7.77. The van der Waals surface area contributed by atoms with Crippen molar-refractivity contribution in [3.63, 3.8) is 0 Å². The van der Waals surface area contributed by atoms with Gasteiger partial charge in [-0.3, -0.25) is 0 Å². The minimum absolute atomic E-state index is 0.0990. The normalized spacial score (nSPS) is 28.6. The molecule has 4 nitrogen and oxygen atoms in total. The molecule has 3 aromatic carbocycles. The summed E-state index contributed by atoms with van der Waals surface area (Å²) in [7, 11) is 7.08. The molecule has 4 aliphatic carbocycles. The van der Waals surface area contributed by atoms with Crippen LogP contribution in [0.3, 0.4) is 0 Å². The topological polar surface area (TPSA) is 36.9 Å². The standard InChI is InChI=1S/C29H26O4/c1-30-19-11-13-21(32-3)25-23(19)17-9-10-18-24-20(31-2)12-14-22(33-4)26(24)28-16-8-6-5-7-15(16)27(25)29(17,18)28/h5-14,17-18,27-28H,1-4H3/t17-,18-,27-,28-,29?/m1/s1. The van der Waals surface area contributed by atoms with Gasteiger partial charge in [0.1, 0.15) is 23.0 Å². The summed E-state index contributed by atoms with van der Waals surface area (Å²) in [6.45, 7) is 0. The van der Waals surface area contributed by atoms with Crippen LogP contribution in [-0.2, 0) is 0 Å². The number of allylic oxidation sites excluding steroid dienone is 2. The van der Waals surface area contributed by atoms with Crippen LogP contribution in [-0.4, -0.2) is 28.4 Å². The van der Waals surface area contributed by atoms with Gasteiger partial charge in [0.25, 0.3) is 0 Å². The molecule has 0 saturated carbocycles. The van der Waals surface area contributed by atoms with Crippen LogP contribution in [0.4, 0.5) is 0 Å². The van der Waals surface area contributed by atoms with Crippen LogP contribution >= 0.6 is 0 Å². The Morgan fingerprint density at radius 2 is 0.879 bits per heavy atom. The minimum Gasteiger partial charge on any atom is -0.496 e. The van der Waals surface area contributed by atoms with Crippen molar-refractivity contribution in [2.24, 2.45) is 5.41 Å². The van der Waals surface area contributed by atoms with E-state index in [0.29, 0.717) is 0 Å². The summed E-state index contributed by atoms with van der Waals surface area (Å²) in [6, 6.07) is 17.2. The molecule has 166 valence electrons. The summed E-state index contributed by atoms with van der Waals surface area (Å²) in [6.07, 6.45) is 4.82. The average molecular weight is 439 g/mol. The molecule has 4 aliphatic rings. The maximum atomic E-state index is 5.97. The van der Waals surface area contributed by atoms with Gasteiger partial charge in [0.2, 0.25) is 0 Å². The highest BCUT2D eigenvalue weighted by molar-refractivity contribution is 5.76. The fourth-order valence-corrected chi connectivity index (χ4v) is 7.85. The molecule has 3 aromatic rings. The molecule has 0 amide bonds. The Balaban J connectivity index is 1.64. The molecule has 0 fully saturated rings. The lowest BCUT2D eigenvalue weighted by Crippen LogP contribution is -2.29. The zero-order valence-electron chi connectivity index (χ0n) is 19.2. The molecule has 4 atom stereocenters. The van der Waals surface area contributed by atoms with Gasteiger partial charge in [-0.25, -0.2) is 0 Å². The molecule has 4 heteroatoms. The first kappa shape index (κ1) is 19.1. The van der Waals surface area contributed by atoms with E-state index < -0.39 is 0 Å². The van der Waals surface area contributed by atoms with Crippen molar-refractivity contribution in [1.82, 2.24) is 0 Å². The molecule has 0 radical (unpaired) electrons. The third-order valence-electron chi connectivity index (χ3n) is 8.68. The highest BCUT2D eigenvalue weighted by atomic mass is 16.5. The van der Waals surface area contributed by atoms with E-state index in [1.807, 2.05) is 0 Å². The number of ether oxygens (including phenoxy) is 4. The highest BCUT2D eigenvalue weighted by Gasteiger charge is 2.72. The van der Waals surface area contributed by atoms with E-state index >= 15 is 0 Å². The molecule has 7 rings (SSSR count). The van der Waals surface area contributed by atoms with E-state index in [-0.39, 0.29) is 29.1 Å². The molecule has 0 bridgehead atoms. The Bertz CT molecular complexity index is 1250. The van der Waals surface area contributed by atoms with Gasteiger partial charge >= 0.3 is 0 Å². The molecular weight excluding hydrogens is 412 g/mol. The Morgan fingerprint density at radius 1 is 0.515 bits per heavy atom. The zero-order valence-corrected chi connectivity index (χ0v) is 19.2. The van der Waals surface area contributed by atoms with Gasteiger partial charge in [-0.2, -0.15) is 0 Å². The smallest absolute Gasteiger partial charge is 0.123 e. The van der Waals surface area contributed by atoms with Crippen molar-refractivity contribution in [3.8, 4) is 23.0 Å². The van der Waals surface area contributed by atoms with Crippen molar-refractivity contribution >= 4 is 0 Å². The van der Waals surface area contributed by atoms with Crippen molar-refractivity contribution in [2.75, 3.05) is 28.4 Å². The van der Waals surface area contributed by atoms with E-state index in [9.17, 15) is 0 Å². The Kier molecular flexibility index (Phi) is 3.67. The second-order valence-electron chi connectivity index (χ2n) is 9.43. The number of fused-ring (bicyclic) bond motifs is 9. The van der Waals surface area contributed by atoms with E-state index in [4.69, 9.17) is 18.9 Å². The van der Waals surface area contributed by atoms with Gasteiger partial charge in [-0.15, -0.1) is 0 Å². The van der Waals surface area contributed by atoms with E-state index in [1.54, 1.807) is 28.4 Å². The summed E-state index contributed by atoms with van der Waals surface area (Å²) >= 11 is 0. The summed E-state index contributed by atoms with van der Waals surface area (Å²) < 4.78 is 23.8. The van der Waals surface area contributed by atoms with Crippen molar-refractivity contribution < 1.29 is 18.9 Å². The van der Waals surface area contributed by atoms with Gasteiger partial charge in [0.05, 0.1) is 28.4 Å². The molecule has 1 spiro atoms. The van der Waals surface area contributed by atoms with Gasteiger partial charge < -0.3 is 18.9 Å². The Labute approximate surface area is 193 Å². The third kappa shape index (κ3) is 1.92. The van der Waals surface area contributed by atoms with Crippen LogP contribution in [0.25, 0.3) is 0 Å². The quantitative estimate of drug-likeness (QED) is 0.486. The molecular formula is C29H26O4. The first-order chi connectivity index (χ1) is 16.2. The lowest BCUT2D eigenvalue weighted by molar-refractivity contribution is 0.237. The zero-order chi connectivity index (χ0) is 22.5. The maximum absolute atomic E-state index is 5.97. The number of hydrogen-bond donors (Lipinski definition) is 0. The molecule has 0 N–H and O–H groups in total. The van der Waals surface area contributed by atoms with Crippen LogP contribution in [0.2, 0.25) is 0 Å². The predicted molar refractivity (Wildman–Crippen MR) is 126 cm³/mol. The van der Waals surface area contributed by atoms with Crippen LogP contribution in [0.1, 0.15) is 57.1 Å². The van der Waals surface area contributed by atoms with Crippen molar-refractivity contribution in [3.05, 3.63) is 94.1 Å². The van der Waals surface area contributed by atoms with E-state index in [1.165, 1.54) is 33.4 Å². The highest BCUT2D eigenvalue weighted by Crippen LogP contribution is 2.83. The monoisotopic (exact) mass is 438 g/mol. The average Bonchev–Trinajstić information content (AvgIpc) is 3.53. The summed E-state index contributed by atoms with van der Waals surface area (Å²) in [4.78, 5) is 0. The molecule has 0 saturated heterocycles. The van der Waals surface area contributed by atoms with Crippen molar-refractivity contribution in [1.29, 1.82) is 0 Å². The Hall–Kier alpha value is -3.40. The van der Waals surface area contributed by atoms with Crippen LogP contribution in [0, 0.1) is 5.41 Å². The maximum Gasteiger partial charge on any atom is 0.123 e. The molecule has 33 heavy (non-hydrogen) atoms. The van der Waals surface area contributed by atoms with Gasteiger partial charge in [-0.05, 0) is 35.4 Å². The van der Waals surface area contributed by atoms with Crippen LogP contribution in [0.5, 0.6) is 23.0 Å². The Morgan fingerprint density at radius 3 is 1.24 bits per heavy atom. The number of benzene rings is 3. The van der Waals surface area contributed by atoms with Crippen LogP contribution < -0.4 is 18.9 Å². The van der Waals surface area contributed by atoms with Crippen LogP contribution in [0.15, 0.2) is 60.7 Å². The van der Waals surface area contributed by atoms with Crippen molar-refractivity contribution in [2.45, 2.75) is 23.7 Å². The molecule has 0 aromatic heterocycles. The lowest BCUT2D eigenvalue weighted by atomic mass is 9.64. The summed E-state index contributed by atoms with van der Waals surface area (Å²) in [5, 5.41) is 0. The number of rotatable bonds is 4. The van der Waals surface area contributed by atoms with E-state index in [2.05, 4.69) is 60.7 Å². The number of hydrogen-bond acceptors (Lipinski definition) is 4. The first-order valence-corrected chi connectivity index (χ1v) is 11.5. The SMILES string of the molecule is COc1ccc(OC)c2c1[C@H]1c3ccccc3[C@@H]3c4c(OC)ccc(OC)c4[C@H]4C=C[C@H]2C134. The van der Waals surface area contributed by atoms with Gasteiger partial charge in [-0.1, -0.05) is 36.4 Å². The molecule has 0 aliphatic heterocycles. The second-order valence-corrected chi connectivity index (χ2v) is 9.43. The first-order valence-electron chi connectivity index (χ1n) is 11.5. The minimum atomic E-state index is -0.0990. The summed E-state index contributed by atoms with van der Waals surface area (Å²) in [5.74, 6) is 4.59. The predicted octanol–water partition coefficient (Wildman–Crippen LogP) is 5.75. The fraction of sp³-hybridized carbons (Fsp3) is 0.310. The van der Waals surface area contributed by atoms with Gasteiger partial charge in [0.15, 0.2) is 0 Å². The van der Waals surface area contributed by atoms with E-state index in [0.717, 1.165) is 23.0 Å². The van der Waals surface area contributed by atoms with Gasteiger partial charge in [0, 0.05) is 51.3 Å². The largest absolute Gasteiger partial charge is 0.496 e.